The van der Waals surface area contributed by atoms with Gasteiger partial charge in [0.25, 0.3) is 0 Å². The first-order valence-electron chi connectivity index (χ1n) is 6.08. The summed E-state index contributed by atoms with van der Waals surface area (Å²) in [5, 5.41) is 1.82. The molecule has 0 saturated carbocycles. The Bertz CT molecular complexity index is 752. The third-order valence-electron chi connectivity index (χ3n) is 2.94. The molecule has 2 aromatic heterocycles. The molecule has 0 fully saturated rings. The molecule has 1 N–H and O–H groups in total. The minimum absolute atomic E-state index is 0.108. The summed E-state index contributed by atoms with van der Waals surface area (Å²) in [7, 11) is 0. The van der Waals surface area contributed by atoms with Gasteiger partial charge in [-0.1, -0.05) is 30.0 Å². The van der Waals surface area contributed by atoms with Gasteiger partial charge in [0.05, 0.1) is 10.8 Å². The second-order valence-electron chi connectivity index (χ2n) is 4.27. The molecule has 3 nitrogen and oxygen atoms in total. The molecule has 0 unspecified atom stereocenters. The van der Waals surface area contributed by atoms with E-state index in [9.17, 15) is 4.79 Å². The van der Waals surface area contributed by atoms with Gasteiger partial charge in [-0.15, -0.1) is 0 Å². The van der Waals surface area contributed by atoms with Crippen molar-refractivity contribution in [3.63, 3.8) is 0 Å². The van der Waals surface area contributed by atoms with Crippen LogP contribution in [0.25, 0.3) is 10.9 Å². The lowest BCUT2D eigenvalue weighted by Gasteiger charge is -2.00. The van der Waals surface area contributed by atoms with E-state index in [-0.39, 0.29) is 5.78 Å². The monoisotopic (exact) mass is 346 g/mol. The summed E-state index contributed by atoms with van der Waals surface area (Å²) < 4.78 is 0.935. The SMILES string of the molecule is O=C(CSc1ccc(Br)cn1)c1c[nH]c2ccccc12. The first-order chi connectivity index (χ1) is 9.74. The smallest absolute Gasteiger partial charge is 0.175 e. The lowest BCUT2D eigenvalue weighted by Crippen LogP contribution is -2.01. The molecule has 3 aromatic rings. The number of halogens is 1. The Morgan fingerprint density at radius 2 is 2.10 bits per heavy atom. The second kappa shape index (κ2) is 5.81. The van der Waals surface area contributed by atoms with E-state index >= 15 is 0 Å². The van der Waals surface area contributed by atoms with Gasteiger partial charge in [0, 0.05) is 33.3 Å². The number of carbonyl (C=O) groups excluding carboxylic acids is 1. The molecule has 0 spiro atoms. The normalized spacial score (nSPS) is 10.8. The Kier molecular flexibility index (Phi) is 3.89. The molecule has 2 heterocycles. The predicted molar refractivity (Wildman–Crippen MR) is 85.3 cm³/mol. The van der Waals surface area contributed by atoms with Crippen LogP contribution in [0.1, 0.15) is 10.4 Å². The Balaban J connectivity index is 1.75. The Morgan fingerprint density at radius 3 is 2.90 bits per heavy atom. The number of nitrogens with zero attached hydrogens (tertiary/aromatic N) is 1. The first-order valence-corrected chi connectivity index (χ1v) is 7.85. The third-order valence-corrected chi connectivity index (χ3v) is 4.35. The van der Waals surface area contributed by atoms with E-state index in [1.807, 2.05) is 36.4 Å². The number of ketones is 1. The van der Waals surface area contributed by atoms with Crippen molar-refractivity contribution >= 4 is 44.4 Å². The molecule has 0 aliphatic heterocycles. The molecule has 0 aliphatic carbocycles. The number of Topliss-reactive ketones (excluding diaryl/α,β-unsaturated/α-hetero) is 1. The van der Waals surface area contributed by atoms with Crippen molar-refractivity contribution in [2.75, 3.05) is 5.75 Å². The molecule has 0 bridgehead atoms. The fourth-order valence-electron chi connectivity index (χ4n) is 1.97. The molecular weight excluding hydrogens is 336 g/mol. The number of aromatic nitrogens is 2. The molecule has 20 heavy (non-hydrogen) atoms. The van der Waals surface area contributed by atoms with Gasteiger partial charge in [0.2, 0.25) is 0 Å². The number of fused-ring (bicyclic) bond motifs is 1. The van der Waals surface area contributed by atoms with E-state index in [0.717, 1.165) is 26.0 Å². The fourth-order valence-corrected chi connectivity index (χ4v) is 2.93. The number of thioether (sulfide) groups is 1. The summed E-state index contributed by atoms with van der Waals surface area (Å²) in [6, 6.07) is 11.6. The van der Waals surface area contributed by atoms with Crippen LogP contribution in [0, 0.1) is 0 Å². The van der Waals surface area contributed by atoms with Gasteiger partial charge in [-0.2, -0.15) is 0 Å². The molecule has 0 radical (unpaired) electrons. The van der Waals surface area contributed by atoms with Crippen LogP contribution in [-0.2, 0) is 0 Å². The lowest BCUT2D eigenvalue weighted by molar-refractivity contribution is 0.102. The summed E-state index contributed by atoms with van der Waals surface area (Å²) in [5.41, 5.74) is 1.73. The summed E-state index contributed by atoms with van der Waals surface area (Å²) in [5.74, 6) is 0.494. The zero-order valence-electron chi connectivity index (χ0n) is 10.5. The maximum absolute atomic E-state index is 12.3. The van der Waals surface area contributed by atoms with Crippen LogP contribution < -0.4 is 0 Å². The highest BCUT2D eigenvalue weighted by Gasteiger charge is 2.12. The largest absolute Gasteiger partial charge is 0.360 e. The number of carbonyl (C=O) groups is 1. The number of hydrogen-bond acceptors (Lipinski definition) is 3. The Hall–Kier alpha value is -1.59. The van der Waals surface area contributed by atoms with Crippen molar-refractivity contribution in [2.24, 2.45) is 0 Å². The van der Waals surface area contributed by atoms with Crippen molar-refractivity contribution in [2.45, 2.75) is 5.03 Å². The lowest BCUT2D eigenvalue weighted by atomic mass is 10.1. The van der Waals surface area contributed by atoms with Gasteiger partial charge in [-0.25, -0.2) is 4.98 Å². The third kappa shape index (κ3) is 2.78. The van der Waals surface area contributed by atoms with Gasteiger partial charge < -0.3 is 4.98 Å². The van der Waals surface area contributed by atoms with Crippen molar-refractivity contribution in [1.82, 2.24) is 9.97 Å². The highest BCUT2D eigenvalue weighted by Crippen LogP contribution is 2.22. The summed E-state index contributed by atoms with van der Waals surface area (Å²) in [4.78, 5) is 19.7. The molecule has 0 aliphatic rings. The molecule has 3 rings (SSSR count). The Labute approximate surface area is 128 Å². The minimum Gasteiger partial charge on any atom is -0.360 e. The maximum Gasteiger partial charge on any atom is 0.175 e. The van der Waals surface area contributed by atoms with Crippen LogP contribution in [0.4, 0.5) is 0 Å². The average molecular weight is 347 g/mol. The van der Waals surface area contributed by atoms with Gasteiger partial charge >= 0.3 is 0 Å². The highest BCUT2D eigenvalue weighted by molar-refractivity contribution is 9.10. The van der Waals surface area contributed by atoms with Gasteiger partial charge in [-0.05, 0) is 34.1 Å². The topological polar surface area (TPSA) is 45.8 Å². The standard InChI is InChI=1S/C15H11BrN2OS/c16-10-5-6-15(18-7-10)20-9-14(19)12-8-17-13-4-2-1-3-11(12)13/h1-8,17H,9H2. The number of aromatic amines is 1. The van der Waals surface area contributed by atoms with E-state index in [1.54, 1.807) is 12.4 Å². The number of nitrogens with one attached hydrogen (secondary N) is 1. The quantitative estimate of drug-likeness (QED) is 0.565. The minimum atomic E-state index is 0.108. The summed E-state index contributed by atoms with van der Waals surface area (Å²) in [6.07, 6.45) is 3.51. The Morgan fingerprint density at radius 1 is 1.25 bits per heavy atom. The number of pyridine rings is 1. The van der Waals surface area contributed by atoms with E-state index in [1.165, 1.54) is 11.8 Å². The van der Waals surface area contributed by atoms with Gasteiger partial charge in [0.15, 0.2) is 5.78 Å². The zero-order chi connectivity index (χ0) is 13.9. The van der Waals surface area contributed by atoms with Gasteiger partial charge in [0.1, 0.15) is 0 Å². The highest BCUT2D eigenvalue weighted by atomic mass is 79.9. The van der Waals surface area contributed by atoms with Crippen LogP contribution in [-0.4, -0.2) is 21.5 Å². The molecular formula is C15H11BrN2OS. The fraction of sp³-hybridized carbons (Fsp3) is 0.0667. The average Bonchev–Trinajstić information content (AvgIpc) is 2.90. The number of para-hydroxylation sites is 1. The van der Waals surface area contributed by atoms with E-state index in [2.05, 4.69) is 25.9 Å². The molecule has 0 atom stereocenters. The molecule has 100 valence electrons. The summed E-state index contributed by atoms with van der Waals surface area (Å²) >= 11 is 4.79. The van der Waals surface area contributed by atoms with Crippen LogP contribution >= 0.6 is 27.7 Å². The molecule has 0 amide bonds. The van der Waals surface area contributed by atoms with Crippen LogP contribution in [0.15, 0.2) is 58.3 Å². The van der Waals surface area contributed by atoms with E-state index in [0.29, 0.717) is 5.75 Å². The first kappa shape index (κ1) is 13.4. The number of hydrogen-bond donors (Lipinski definition) is 1. The van der Waals surface area contributed by atoms with Gasteiger partial charge in [-0.3, -0.25) is 4.79 Å². The summed E-state index contributed by atoms with van der Waals surface area (Å²) in [6.45, 7) is 0. The predicted octanol–water partition coefficient (Wildman–Crippen LogP) is 4.30. The molecule has 5 heteroatoms. The maximum atomic E-state index is 12.3. The van der Waals surface area contributed by atoms with Crippen LogP contribution in [0.2, 0.25) is 0 Å². The zero-order valence-corrected chi connectivity index (χ0v) is 12.9. The molecule has 1 aromatic carbocycles. The number of rotatable bonds is 4. The second-order valence-corrected chi connectivity index (χ2v) is 6.19. The van der Waals surface area contributed by atoms with E-state index in [4.69, 9.17) is 0 Å². The van der Waals surface area contributed by atoms with Crippen molar-refractivity contribution in [3.05, 3.63) is 58.8 Å². The molecule has 0 saturated heterocycles. The van der Waals surface area contributed by atoms with Crippen molar-refractivity contribution in [1.29, 1.82) is 0 Å². The van der Waals surface area contributed by atoms with Crippen molar-refractivity contribution in [3.8, 4) is 0 Å². The number of benzene rings is 1. The van der Waals surface area contributed by atoms with Crippen LogP contribution in [0.5, 0.6) is 0 Å². The van der Waals surface area contributed by atoms with E-state index < -0.39 is 0 Å². The van der Waals surface area contributed by atoms with Crippen molar-refractivity contribution < 1.29 is 4.79 Å². The number of H-pyrrole nitrogens is 1. The van der Waals surface area contributed by atoms with Crippen LogP contribution in [0.3, 0.4) is 0 Å².